The van der Waals surface area contributed by atoms with Gasteiger partial charge >= 0.3 is 12.3 Å². The Morgan fingerprint density at radius 2 is 1.84 bits per heavy atom. The van der Waals surface area contributed by atoms with Crippen LogP contribution in [0, 0.1) is 0 Å². The van der Waals surface area contributed by atoms with Gasteiger partial charge in [-0.1, -0.05) is 24.3 Å². The van der Waals surface area contributed by atoms with Crippen molar-refractivity contribution in [2.45, 2.75) is 77.0 Å². The van der Waals surface area contributed by atoms with E-state index in [0.717, 1.165) is 18.2 Å². The van der Waals surface area contributed by atoms with Gasteiger partial charge in [0.15, 0.2) is 5.69 Å². The van der Waals surface area contributed by atoms with Gasteiger partial charge in [-0.2, -0.15) is 13.2 Å². The molecule has 2 bridgehead atoms. The molecule has 3 heterocycles. The van der Waals surface area contributed by atoms with Crippen molar-refractivity contribution < 1.29 is 27.4 Å². The second-order valence-corrected chi connectivity index (χ2v) is 9.66. The number of amides is 1. The molecule has 6 nitrogen and oxygen atoms in total. The Morgan fingerprint density at radius 3 is 2.41 bits per heavy atom. The van der Waals surface area contributed by atoms with Crippen molar-refractivity contribution in [3.63, 3.8) is 0 Å². The largest absolute Gasteiger partial charge is 0.444 e. The summed E-state index contributed by atoms with van der Waals surface area (Å²) in [6.07, 6.45) is -3.25. The van der Waals surface area contributed by atoms with E-state index in [2.05, 4.69) is 4.98 Å². The number of aromatic nitrogens is 2. The molecule has 2 aliphatic heterocycles. The fourth-order valence-corrected chi connectivity index (χ4v) is 4.38. The minimum atomic E-state index is -4.51. The number of halogens is 3. The average Bonchev–Trinajstić information content (AvgIpc) is 3.40. The molecule has 0 spiro atoms. The minimum Gasteiger partial charge on any atom is -0.444 e. The quantitative estimate of drug-likeness (QED) is 0.610. The summed E-state index contributed by atoms with van der Waals surface area (Å²) in [5.41, 5.74) is -0.0996. The molecule has 32 heavy (non-hydrogen) atoms. The number of likely N-dealkylation sites (tertiary alicyclic amines) is 1. The van der Waals surface area contributed by atoms with Crippen molar-refractivity contribution in [2.75, 3.05) is 6.61 Å². The Bertz CT molecular complexity index is 993. The van der Waals surface area contributed by atoms with Gasteiger partial charge in [0, 0.05) is 17.8 Å². The van der Waals surface area contributed by atoms with Gasteiger partial charge in [-0.15, -0.1) is 0 Å². The summed E-state index contributed by atoms with van der Waals surface area (Å²) in [5, 5.41) is 0. The Balaban J connectivity index is 1.64. The van der Waals surface area contributed by atoms with E-state index in [4.69, 9.17) is 9.47 Å². The van der Waals surface area contributed by atoms with Crippen LogP contribution in [0.5, 0.6) is 0 Å². The van der Waals surface area contributed by atoms with Crippen molar-refractivity contribution in [3.05, 3.63) is 41.7 Å². The lowest BCUT2D eigenvalue weighted by molar-refractivity contribution is -0.140. The first kappa shape index (κ1) is 22.6. The molecule has 2 aromatic rings. The van der Waals surface area contributed by atoms with Crippen LogP contribution >= 0.6 is 0 Å². The number of rotatable bonds is 3. The predicted molar refractivity (Wildman–Crippen MR) is 112 cm³/mol. The van der Waals surface area contributed by atoms with E-state index in [9.17, 15) is 18.0 Å². The monoisotopic (exact) mass is 451 g/mol. The van der Waals surface area contributed by atoms with Gasteiger partial charge in [-0.25, -0.2) is 9.78 Å². The van der Waals surface area contributed by atoms with Crippen LogP contribution in [0.3, 0.4) is 0 Å². The molecule has 9 heteroatoms. The van der Waals surface area contributed by atoms with Gasteiger partial charge in [0.05, 0.1) is 24.8 Å². The summed E-state index contributed by atoms with van der Waals surface area (Å²) >= 11 is 0. The van der Waals surface area contributed by atoms with E-state index in [-0.39, 0.29) is 36.1 Å². The third-order valence-corrected chi connectivity index (χ3v) is 5.75. The molecule has 1 amide bonds. The number of ether oxygens (including phenoxy) is 2. The first-order chi connectivity index (χ1) is 14.8. The zero-order valence-corrected chi connectivity index (χ0v) is 18.8. The number of carbonyl (C=O) groups excluding carboxylic acids is 1. The van der Waals surface area contributed by atoms with Crippen LogP contribution in [-0.4, -0.2) is 44.9 Å². The molecule has 0 aliphatic carbocycles. The van der Waals surface area contributed by atoms with E-state index in [1.165, 1.54) is 4.57 Å². The Labute approximate surface area is 185 Å². The number of alkyl halides is 3. The molecule has 1 aromatic heterocycles. The Kier molecular flexibility index (Phi) is 5.51. The van der Waals surface area contributed by atoms with Crippen LogP contribution in [0.1, 0.15) is 64.4 Å². The SMILES string of the molecule is CC(C)n1cc(C(F)(F)F)nc1-c1ccc(C2C3CC(CO3)N2C(=O)OC(C)(C)C)cc1. The highest BCUT2D eigenvalue weighted by Crippen LogP contribution is 2.44. The second kappa shape index (κ2) is 7.79. The molecule has 4 rings (SSSR count). The number of benzene rings is 1. The van der Waals surface area contributed by atoms with Gasteiger partial charge in [0.25, 0.3) is 0 Å². The maximum absolute atomic E-state index is 13.2. The van der Waals surface area contributed by atoms with Crippen LogP contribution in [0.2, 0.25) is 0 Å². The van der Waals surface area contributed by atoms with Crippen molar-refractivity contribution in [3.8, 4) is 11.4 Å². The maximum Gasteiger partial charge on any atom is 0.434 e. The highest BCUT2D eigenvalue weighted by Gasteiger charge is 2.51. The van der Waals surface area contributed by atoms with E-state index < -0.39 is 17.5 Å². The summed E-state index contributed by atoms with van der Waals surface area (Å²) in [4.78, 5) is 18.5. The van der Waals surface area contributed by atoms with Crippen molar-refractivity contribution in [2.24, 2.45) is 0 Å². The number of morpholine rings is 1. The number of hydrogen-bond acceptors (Lipinski definition) is 4. The Morgan fingerprint density at radius 1 is 1.19 bits per heavy atom. The third kappa shape index (κ3) is 4.22. The maximum atomic E-state index is 13.2. The second-order valence-electron chi connectivity index (χ2n) is 9.66. The fraction of sp³-hybridized carbons (Fsp3) is 0.565. The molecule has 0 saturated carbocycles. The van der Waals surface area contributed by atoms with E-state index in [1.54, 1.807) is 17.0 Å². The van der Waals surface area contributed by atoms with E-state index in [1.807, 2.05) is 46.8 Å². The number of imidazole rings is 1. The molecule has 1 aromatic carbocycles. The number of carbonyl (C=O) groups is 1. The van der Waals surface area contributed by atoms with Gasteiger partial charge in [-0.3, -0.25) is 4.90 Å². The van der Waals surface area contributed by atoms with E-state index in [0.29, 0.717) is 12.2 Å². The fourth-order valence-electron chi connectivity index (χ4n) is 4.38. The van der Waals surface area contributed by atoms with Gasteiger partial charge < -0.3 is 14.0 Å². The van der Waals surface area contributed by atoms with Crippen molar-refractivity contribution in [1.82, 2.24) is 14.5 Å². The van der Waals surface area contributed by atoms with Crippen LogP contribution in [0.25, 0.3) is 11.4 Å². The molecule has 2 aliphatic rings. The first-order valence-electron chi connectivity index (χ1n) is 10.7. The molecule has 3 unspecified atom stereocenters. The molecular formula is C23H28F3N3O3. The molecule has 0 radical (unpaired) electrons. The summed E-state index contributed by atoms with van der Waals surface area (Å²) in [6, 6.07) is 6.62. The molecule has 2 saturated heterocycles. The third-order valence-electron chi connectivity index (χ3n) is 5.75. The van der Waals surface area contributed by atoms with E-state index >= 15 is 0 Å². The molecule has 174 valence electrons. The Hall–Kier alpha value is -2.55. The van der Waals surface area contributed by atoms with Crippen LogP contribution in [0.15, 0.2) is 30.5 Å². The van der Waals surface area contributed by atoms with Gasteiger partial charge in [-0.05, 0) is 46.6 Å². The zero-order valence-electron chi connectivity index (χ0n) is 18.8. The molecule has 2 fully saturated rings. The first-order valence-corrected chi connectivity index (χ1v) is 10.7. The lowest BCUT2D eigenvalue weighted by Gasteiger charge is -2.36. The smallest absolute Gasteiger partial charge is 0.434 e. The topological polar surface area (TPSA) is 56.6 Å². The van der Waals surface area contributed by atoms with Crippen molar-refractivity contribution in [1.29, 1.82) is 0 Å². The highest BCUT2D eigenvalue weighted by molar-refractivity contribution is 5.70. The minimum absolute atomic E-state index is 0.0475. The predicted octanol–water partition coefficient (Wildman–Crippen LogP) is 5.60. The summed E-state index contributed by atoms with van der Waals surface area (Å²) in [7, 11) is 0. The highest BCUT2D eigenvalue weighted by atomic mass is 19.4. The lowest BCUT2D eigenvalue weighted by Crippen LogP contribution is -2.46. The molecule has 3 atom stereocenters. The summed E-state index contributed by atoms with van der Waals surface area (Å²) < 4.78 is 52.6. The van der Waals surface area contributed by atoms with Crippen LogP contribution < -0.4 is 0 Å². The van der Waals surface area contributed by atoms with Gasteiger partial charge in [0.1, 0.15) is 11.4 Å². The standard InChI is InChI=1S/C23H28F3N3O3/c1-13(2)28-11-18(23(24,25)26)27-20(28)15-8-6-14(7-9-15)19-17-10-16(12-31-17)29(19)21(30)32-22(3,4)5/h6-9,11,13,16-17,19H,10,12H2,1-5H3. The average molecular weight is 451 g/mol. The lowest BCUT2D eigenvalue weighted by atomic mass is 10.0. The molecule has 0 N–H and O–H groups in total. The van der Waals surface area contributed by atoms with Crippen LogP contribution in [0.4, 0.5) is 18.0 Å². The van der Waals surface area contributed by atoms with Crippen LogP contribution in [-0.2, 0) is 15.7 Å². The van der Waals surface area contributed by atoms with Crippen molar-refractivity contribution >= 4 is 6.09 Å². The van der Waals surface area contributed by atoms with Gasteiger partial charge in [0.2, 0.25) is 0 Å². The summed E-state index contributed by atoms with van der Waals surface area (Å²) in [6.45, 7) is 9.57. The normalized spacial score (nSPS) is 23.3. The molecular weight excluding hydrogens is 423 g/mol. The number of nitrogens with zero attached hydrogens (tertiary/aromatic N) is 3. The number of hydrogen-bond donors (Lipinski definition) is 0. The zero-order chi connectivity index (χ0) is 23.4. The summed E-state index contributed by atoms with van der Waals surface area (Å²) in [5.74, 6) is 0.257. The number of fused-ring (bicyclic) bond motifs is 2.